The highest BCUT2D eigenvalue weighted by Crippen LogP contribution is 2.24. The van der Waals surface area contributed by atoms with E-state index in [0.717, 1.165) is 22.4 Å². The Bertz CT molecular complexity index is 708. The van der Waals surface area contributed by atoms with Gasteiger partial charge in [-0.1, -0.05) is 42.5 Å². The first-order valence-corrected chi connectivity index (χ1v) is 8.32. The zero-order valence-corrected chi connectivity index (χ0v) is 15.0. The van der Waals surface area contributed by atoms with Crippen LogP contribution in [0, 0.1) is 0 Å². The summed E-state index contributed by atoms with van der Waals surface area (Å²) in [5, 5.41) is 9.37. The van der Waals surface area contributed by atoms with Crippen LogP contribution in [0.15, 0.2) is 60.7 Å². The summed E-state index contributed by atoms with van der Waals surface area (Å²) in [4.78, 5) is 14.4. The third-order valence-electron chi connectivity index (χ3n) is 4.29. The summed E-state index contributed by atoms with van der Waals surface area (Å²) in [6.07, 6.45) is 2.14. The van der Waals surface area contributed by atoms with Gasteiger partial charge >= 0.3 is 0 Å². The van der Waals surface area contributed by atoms with Crippen LogP contribution in [-0.4, -0.2) is 36.7 Å². The second-order valence-electron chi connectivity index (χ2n) is 5.94. The lowest BCUT2D eigenvalue weighted by molar-refractivity contribution is -0.127. The summed E-state index contributed by atoms with van der Waals surface area (Å²) in [5.74, 6) is 0.697. The lowest BCUT2D eigenvalue weighted by Crippen LogP contribution is -2.30. The van der Waals surface area contributed by atoms with Crippen molar-refractivity contribution in [3.05, 3.63) is 71.8 Å². The molecule has 0 aliphatic carbocycles. The van der Waals surface area contributed by atoms with E-state index >= 15 is 0 Å². The molecule has 0 spiro atoms. The standard InChI is InChI=1S/C21H25NO3/c1-16(17-9-11-19(25-3)12-10-17)15-21(24)22(2)20(13-14-23)18-7-5-4-6-8-18/h4-12,15,20,23H,13-14H2,1-3H3/b16-15+. The molecule has 4 nitrogen and oxygen atoms in total. The van der Waals surface area contributed by atoms with Crippen LogP contribution in [0.4, 0.5) is 0 Å². The topological polar surface area (TPSA) is 49.8 Å². The minimum Gasteiger partial charge on any atom is -0.497 e. The van der Waals surface area contributed by atoms with Crippen LogP contribution in [-0.2, 0) is 4.79 Å². The van der Waals surface area contributed by atoms with E-state index in [1.54, 1.807) is 25.1 Å². The third kappa shape index (κ3) is 4.94. The summed E-state index contributed by atoms with van der Waals surface area (Å²) in [5.41, 5.74) is 2.87. The van der Waals surface area contributed by atoms with E-state index in [1.807, 2.05) is 61.5 Å². The van der Waals surface area contributed by atoms with Gasteiger partial charge in [-0.05, 0) is 42.2 Å². The van der Waals surface area contributed by atoms with Crippen LogP contribution in [0.3, 0.4) is 0 Å². The van der Waals surface area contributed by atoms with E-state index in [1.165, 1.54) is 0 Å². The number of aliphatic hydroxyl groups is 1. The van der Waals surface area contributed by atoms with Crippen LogP contribution in [0.5, 0.6) is 5.75 Å². The molecule has 0 radical (unpaired) electrons. The molecule has 0 aliphatic rings. The molecule has 0 heterocycles. The predicted octanol–water partition coefficient (Wildman–Crippen LogP) is 3.68. The van der Waals surface area contributed by atoms with Crippen LogP contribution in [0.2, 0.25) is 0 Å². The van der Waals surface area contributed by atoms with E-state index < -0.39 is 0 Å². The molecule has 0 saturated heterocycles. The fraction of sp³-hybridized carbons (Fsp3) is 0.286. The molecule has 1 N–H and O–H groups in total. The molecule has 0 aromatic heterocycles. The van der Waals surface area contributed by atoms with Crippen molar-refractivity contribution in [2.24, 2.45) is 0 Å². The van der Waals surface area contributed by atoms with Crippen molar-refractivity contribution in [3.8, 4) is 5.75 Å². The average Bonchev–Trinajstić information content (AvgIpc) is 2.66. The van der Waals surface area contributed by atoms with Crippen molar-refractivity contribution < 1.29 is 14.6 Å². The van der Waals surface area contributed by atoms with Crippen molar-refractivity contribution in [3.63, 3.8) is 0 Å². The Labute approximate surface area is 149 Å². The first-order valence-electron chi connectivity index (χ1n) is 8.32. The second-order valence-corrected chi connectivity index (χ2v) is 5.94. The highest BCUT2D eigenvalue weighted by Gasteiger charge is 2.20. The van der Waals surface area contributed by atoms with Gasteiger partial charge in [0, 0.05) is 19.7 Å². The Morgan fingerprint density at radius 2 is 1.80 bits per heavy atom. The number of carbonyl (C=O) groups is 1. The number of rotatable bonds is 7. The Kier molecular flexibility index (Phi) is 6.78. The highest BCUT2D eigenvalue weighted by molar-refractivity contribution is 5.95. The molecular formula is C21H25NO3. The average molecular weight is 339 g/mol. The quantitative estimate of drug-likeness (QED) is 0.783. The molecule has 2 aromatic rings. The Hall–Kier alpha value is -2.59. The van der Waals surface area contributed by atoms with Crippen LogP contribution in [0.1, 0.15) is 30.5 Å². The van der Waals surface area contributed by atoms with Crippen LogP contribution in [0.25, 0.3) is 5.57 Å². The minimum absolute atomic E-state index is 0.0261. The van der Waals surface area contributed by atoms with Crippen molar-refractivity contribution in [2.75, 3.05) is 20.8 Å². The van der Waals surface area contributed by atoms with Crippen molar-refractivity contribution >= 4 is 11.5 Å². The molecule has 132 valence electrons. The van der Waals surface area contributed by atoms with Gasteiger partial charge in [0.25, 0.3) is 0 Å². The first kappa shape index (κ1) is 18.7. The number of ether oxygens (including phenoxy) is 1. The Balaban J connectivity index is 2.18. The van der Waals surface area contributed by atoms with Crippen molar-refractivity contribution in [2.45, 2.75) is 19.4 Å². The Morgan fingerprint density at radius 1 is 1.16 bits per heavy atom. The summed E-state index contributed by atoms with van der Waals surface area (Å²) in [6, 6.07) is 17.2. The summed E-state index contributed by atoms with van der Waals surface area (Å²) < 4.78 is 5.16. The SMILES string of the molecule is COc1ccc(/C(C)=C/C(=O)N(C)C(CCO)c2ccccc2)cc1. The number of benzene rings is 2. The highest BCUT2D eigenvalue weighted by atomic mass is 16.5. The molecule has 0 saturated carbocycles. The van der Waals surface area contributed by atoms with Gasteiger partial charge in [-0.25, -0.2) is 0 Å². The zero-order valence-electron chi connectivity index (χ0n) is 15.0. The molecule has 1 unspecified atom stereocenters. The smallest absolute Gasteiger partial charge is 0.247 e. The molecule has 0 fully saturated rings. The van der Waals surface area contributed by atoms with E-state index in [9.17, 15) is 9.90 Å². The van der Waals surface area contributed by atoms with E-state index in [0.29, 0.717) is 6.42 Å². The monoisotopic (exact) mass is 339 g/mol. The fourth-order valence-electron chi connectivity index (χ4n) is 2.76. The number of likely N-dealkylation sites (N-methyl/N-ethyl adjacent to an activating group) is 1. The number of amides is 1. The van der Waals surface area contributed by atoms with Gasteiger partial charge < -0.3 is 14.7 Å². The van der Waals surface area contributed by atoms with Gasteiger partial charge in [0.05, 0.1) is 13.2 Å². The largest absolute Gasteiger partial charge is 0.497 e. The predicted molar refractivity (Wildman–Crippen MR) is 100 cm³/mol. The summed E-state index contributed by atoms with van der Waals surface area (Å²) in [6.45, 7) is 1.94. The number of carbonyl (C=O) groups excluding carboxylic acids is 1. The maximum absolute atomic E-state index is 12.7. The molecule has 0 bridgehead atoms. The zero-order chi connectivity index (χ0) is 18.2. The lowest BCUT2D eigenvalue weighted by Gasteiger charge is -2.27. The number of aliphatic hydroxyl groups excluding tert-OH is 1. The molecule has 4 heteroatoms. The van der Waals surface area contributed by atoms with E-state index in [2.05, 4.69) is 0 Å². The molecule has 2 aromatic carbocycles. The van der Waals surface area contributed by atoms with Crippen LogP contribution >= 0.6 is 0 Å². The lowest BCUT2D eigenvalue weighted by atomic mass is 10.0. The fourth-order valence-corrected chi connectivity index (χ4v) is 2.76. The Morgan fingerprint density at radius 3 is 2.36 bits per heavy atom. The molecular weight excluding hydrogens is 314 g/mol. The van der Waals surface area contributed by atoms with Gasteiger partial charge in [0.2, 0.25) is 5.91 Å². The maximum Gasteiger partial charge on any atom is 0.247 e. The maximum atomic E-state index is 12.7. The normalized spacial score (nSPS) is 12.6. The van der Waals surface area contributed by atoms with Gasteiger partial charge in [0.15, 0.2) is 0 Å². The summed E-state index contributed by atoms with van der Waals surface area (Å²) >= 11 is 0. The van der Waals surface area contributed by atoms with E-state index in [4.69, 9.17) is 4.74 Å². The molecule has 1 amide bonds. The van der Waals surface area contributed by atoms with Gasteiger partial charge in [0.1, 0.15) is 5.75 Å². The number of hydrogen-bond donors (Lipinski definition) is 1. The van der Waals surface area contributed by atoms with Gasteiger partial charge in [-0.2, -0.15) is 0 Å². The molecule has 25 heavy (non-hydrogen) atoms. The number of nitrogens with zero attached hydrogens (tertiary/aromatic N) is 1. The number of hydrogen-bond acceptors (Lipinski definition) is 3. The summed E-state index contributed by atoms with van der Waals surface area (Å²) in [7, 11) is 3.40. The minimum atomic E-state index is -0.154. The van der Waals surface area contributed by atoms with Gasteiger partial charge in [-0.15, -0.1) is 0 Å². The second kappa shape index (κ2) is 9.04. The van der Waals surface area contributed by atoms with E-state index in [-0.39, 0.29) is 18.6 Å². The van der Waals surface area contributed by atoms with Crippen LogP contribution < -0.4 is 4.74 Å². The third-order valence-corrected chi connectivity index (χ3v) is 4.29. The van der Waals surface area contributed by atoms with Crippen molar-refractivity contribution in [1.82, 2.24) is 4.90 Å². The van der Waals surface area contributed by atoms with Crippen molar-refractivity contribution in [1.29, 1.82) is 0 Å². The molecule has 0 aliphatic heterocycles. The molecule has 2 rings (SSSR count). The first-order chi connectivity index (χ1) is 12.1. The molecule has 1 atom stereocenters. The number of methoxy groups -OCH3 is 1. The van der Waals surface area contributed by atoms with Gasteiger partial charge in [-0.3, -0.25) is 4.79 Å². The number of allylic oxidation sites excluding steroid dienone is 1.